The average Bonchev–Trinajstić information content (AvgIpc) is 3.18. The van der Waals surface area contributed by atoms with Gasteiger partial charge in [-0.1, -0.05) is 45.2 Å². The highest BCUT2D eigenvalue weighted by atomic mass is 79.9. The van der Waals surface area contributed by atoms with Crippen LogP contribution in [0.3, 0.4) is 0 Å². The first kappa shape index (κ1) is 24.3. The van der Waals surface area contributed by atoms with Gasteiger partial charge < -0.3 is 9.15 Å². The number of hydrazone groups is 1. The molecule has 5 nitrogen and oxygen atoms in total. The lowest BCUT2D eigenvalue weighted by atomic mass is 10.2. The Bertz CT molecular complexity index is 1370. The van der Waals surface area contributed by atoms with Crippen molar-refractivity contribution in [2.45, 2.75) is 6.61 Å². The summed E-state index contributed by atoms with van der Waals surface area (Å²) in [6.07, 6.45) is 1.52. The molecule has 1 heterocycles. The first-order chi connectivity index (χ1) is 15.8. The van der Waals surface area contributed by atoms with Crippen LogP contribution in [0.2, 0.25) is 10.0 Å². The van der Waals surface area contributed by atoms with E-state index in [0.29, 0.717) is 30.3 Å². The number of furan rings is 1. The normalized spacial score (nSPS) is 11.3. The molecule has 0 bridgehead atoms. The lowest BCUT2D eigenvalue weighted by molar-refractivity contribution is 0.0929. The molecular weight excluding hydrogens is 663 g/mol. The number of halogens is 5. The summed E-state index contributed by atoms with van der Waals surface area (Å²) in [6, 6.07) is 16.1. The van der Waals surface area contributed by atoms with Crippen LogP contribution in [0.15, 0.2) is 77.5 Å². The Balaban J connectivity index is 1.42. The first-order valence-electron chi connectivity index (χ1n) is 9.38. The maximum atomic E-state index is 12.4. The van der Waals surface area contributed by atoms with Crippen LogP contribution in [-0.4, -0.2) is 12.1 Å². The van der Waals surface area contributed by atoms with Crippen molar-refractivity contribution in [3.63, 3.8) is 0 Å². The van der Waals surface area contributed by atoms with E-state index < -0.39 is 5.91 Å². The zero-order valence-electron chi connectivity index (χ0n) is 16.5. The van der Waals surface area contributed by atoms with E-state index in [1.807, 2.05) is 30.3 Å². The molecule has 1 N–H and O–H groups in total. The molecule has 0 aliphatic heterocycles. The molecule has 4 rings (SSSR count). The van der Waals surface area contributed by atoms with Gasteiger partial charge in [-0.25, -0.2) is 5.43 Å². The number of amides is 1. The largest absolute Gasteiger partial charge is 0.486 e. The second kappa shape index (κ2) is 10.6. The van der Waals surface area contributed by atoms with Gasteiger partial charge in [-0.15, -0.1) is 0 Å². The lowest BCUT2D eigenvalue weighted by Crippen LogP contribution is -2.16. The first-order valence-corrected chi connectivity index (χ1v) is 12.5. The summed E-state index contributed by atoms with van der Waals surface area (Å²) >= 11 is 22.6. The van der Waals surface area contributed by atoms with Crippen LogP contribution in [0.1, 0.15) is 21.7 Å². The third kappa shape index (κ3) is 6.00. The minimum atomic E-state index is -0.448. The molecule has 0 aliphatic carbocycles. The molecule has 0 atom stereocenters. The van der Waals surface area contributed by atoms with Crippen LogP contribution in [-0.2, 0) is 6.61 Å². The fraction of sp³-hybridized carbons (Fsp3) is 0.0435. The third-order valence-corrected chi connectivity index (χ3v) is 6.75. The third-order valence-electron chi connectivity index (χ3n) is 4.49. The molecule has 33 heavy (non-hydrogen) atoms. The Labute approximate surface area is 224 Å². The van der Waals surface area contributed by atoms with Crippen molar-refractivity contribution in [3.8, 4) is 5.75 Å². The van der Waals surface area contributed by atoms with Crippen molar-refractivity contribution in [1.29, 1.82) is 0 Å². The number of carbonyl (C=O) groups excluding carboxylic acids is 1. The van der Waals surface area contributed by atoms with Gasteiger partial charge in [0.1, 0.15) is 17.9 Å². The second-order valence-corrected chi connectivity index (χ2v) is 10.3. The minimum absolute atomic E-state index is 0.173. The fourth-order valence-corrected chi connectivity index (χ4v) is 5.22. The summed E-state index contributed by atoms with van der Waals surface area (Å²) in [7, 11) is 0. The van der Waals surface area contributed by atoms with Crippen LogP contribution in [0.25, 0.3) is 11.0 Å². The molecular formula is C23H13Br3Cl2N2O3. The maximum Gasteiger partial charge on any atom is 0.307 e. The van der Waals surface area contributed by atoms with E-state index in [9.17, 15) is 4.79 Å². The Morgan fingerprint density at radius 2 is 1.79 bits per heavy atom. The highest BCUT2D eigenvalue weighted by Crippen LogP contribution is 2.35. The summed E-state index contributed by atoms with van der Waals surface area (Å²) in [5.41, 5.74) is 4.64. The summed E-state index contributed by atoms with van der Waals surface area (Å²) in [5.74, 6) is 0.333. The number of fused-ring (bicyclic) bond motifs is 1. The number of rotatable bonds is 6. The van der Waals surface area contributed by atoms with Crippen molar-refractivity contribution in [3.05, 3.63) is 94.9 Å². The number of nitrogens with zero attached hydrogens (tertiary/aromatic N) is 1. The summed E-state index contributed by atoms with van der Waals surface area (Å²) in [4.78, 5) is 12.4. The van der Waals surface area contributed by atoms with Gasteiger partial charge in [0.25, 0.3) is 0 Å². The van der Waals surface area contributed by atoms with Crippen molar-refractivity contribution < 1.29 is 13.9 Å². The number of benzene rings is 3. The number of nitrogens with one attached hydrogen (secondary N) is 1. The van der Waals surface area contributed by atoms with Crippen LogP contribution in [0.4, 0.5) is 0 Å². The number of hydrogen-bond donors (Lipinski definition) is 1. The standard InChI is InChI=1S/C23H13Br3Cl2N2O3/c24-15-2-4-20-14(7-15)8-21(33-20)23(31)30-29-10-12-5-17(25)22(18(26)6-12)32-11-13-1-3-16(27)9-19(13)28/h1-10H,11H2,(H,30,31)/b29-10+. The number of ether oxygens (including phenoxy) is 1. The van der Waals surface area contributed by atoms with Gasteiger partial charge in [0.2, 0.25) is 0 Å². The van der Waals surface area contributed by atoms with E-state index in [1.54, 1.807) is 24.3 Å². The van der Waals surface area contributed by atoms with Crippen molar-refractivity contribution in [2.75, 3.05) is 0 Å². The molecule has 4 aromatic rings. The second-order valence-electron chi connectivity index (χ2n) is 6.83. The van der Waals surface area contributed by atoms with Gasteiger partial charge in [-0.2, -0.15) is 5.10 Å². The van der Waals surface area contributed by atoms with E-state index in [0.717, 1.165) is 21.0 Å². The maximum absolute atomic E-state index is 12.4. The molecule has 1 aromatic heterocycles. The number of hydrogen-bond acceptors (Lipinski definition) is 4. The van der Waals surface area contributed by atoms with Gasteiger partial charge in [-0.3, -0.25) is 4.79 Å². The van der Waals surface area contributed by atoms with Crippen LogP contribution in [0, 0.1) is 0 Å². The van der Waals surface area contributed by atoms with Gasteiger partial charge in [0.05, 0.1) is 15.2 Å². The topological polar surface area (TPSA) is 63.8 Å². The van der Waals surface area contributed by atoms with Gasteiger partial charge in [0.15, 0.2) is 5.76 Å². The highest BCUT2D eigenvalue weighted by Gasteiger charge is 2.13. The Morgan fingerprint density at radius 1 is 1.03 bits per heavy atom. The van der Waals surface area contributed by atoms with E-state index in [2.05, 4.69) is 58.3 Å². The van der Waals surface area contributed by atoms with Gasteiger partial charge in [-0.05, 0) is 86.0 Å². The number of carbonyl (C=O) groups is 1. The summed E-state index contributed by atoms with van der Waals surface area (Å²) < 4.78 is 13.8. The van der Waals surface area contributed by atoms with Gasteiger partial charge in [0, 0.05) is 25.5 Å². The Kier molecular flexibility index (Phi) is 7.81. The van der Waals surface area contributed by atoms with E-state index >= 15 is 0 Å². The predicted octanol–water partition coefficient (Wildman–Crippen LogP) is 8.37. The minimum Gasteiger partial charge on any atom is -0.486 e. The summed E-state index contributed by atoms with van der Waals surface area (Å²) in [5, 5.41) is 5.94. The van der Waals surface area contributed by atoms with Crippen LogP contribution in [0.5, 0.6) is 5.75 Å². The molecule has 3 aromatic carbocycles. The smallest absolute Gasteiger partial charge is 0.307 e. The average molecular weight is 676 g/mol. The van der Waals surface area contributed by atoms with Crippen molar-refractivity contribution >= 4 is 94.1 Å². The lowest BCUT2D eigenvalue weighted by Gasteiger charge is -2.12. The molecule has 0 unspecified atom stereocenters. The molecule has 0 saturated carbocycles. The van der Waals surface area contributed by atoms with Gasteiger partial charge >= 0.3 is 5.91 Å². The highest BCUT2D eigenvalue weighted by molar-refractivity contribution is 9.11. The molecule has 0 aliphatic rings. The van der Waals surface area contributed by atoms with Crippen molar-refractivity contribution in [2.24, 2.45) is 5.10 Å². The molecule has 0 saturated heterocycles. The van der Waals surface area contributed by atoms with E-state index in [-0.39, 0.29) is 12.4 Å². The molecule has 10 heteroatoms. The molecule has 0 radical (unpaired) electrons. The molecule has 168 valence electrons. The van der Waals surface area contributed by atoms with E-state index in [1.165, 1.54) is 6.21 Å². The summed E-state index contributed by atoms with van der Waals surface area (Å²) in [6.45, 7) is 0.269. The zero-order chi connectivity index (χ0) is 23.5. The molecule has 0 fully saturated rings. The predicted molar refractivity (Wildman–Crippen MR) is 142 cm³/mol. The zero-order valence-corrected chi connectivity index (χ0v) is 22.8. The Hall–Kier alpha value is -1.84. The van der Waals surface area contributed by atoms with E-state index in [4.69, 9.17) is 32.4 Å². The molecule has 0 spiro atoms. The molecule has 1 amide bonds. The van der Waals surface area contributed by atoms with Crippen LogP contribution < -0.4 is 10.2 Å². The SMILES string of the molecule is O=C(N/N=C/c1cc(Br)c(OCc2ccc(Cl)cc2Cl)c(Br)c1)c1cc2cc(Br)ccc2o1. The Morgan fingerprint density at radius 3 is 2.52 bits per heavy atom. The quantitative estimate of drug-likeness (QED) is 0.165. The van der Waals surface area contributed by atoms with Crippen LogP contribution >= 0.6 is 71.0 Å². The monoisotopic (exact) mass is 672 g/mol. The fourth-order valence-electron chi connectivity index (χ4n) is 2.93. The van der Waals surface area contributed by atoms with Crippen molar-refractivity contribution in [1.82, 2.24) is 5.43 Å².